The quantitative estimate of drug-likeness (QED) is 0.694. The first kappa shape index (κ1) is 14.1. The van der Waals surface area contributed by atoms with Crippen molar-refractivity contribution in [3.63, 3.8) is 0 Å². The standard InChI is InChI=1S/C12H16FN3O2/c1-8(9-4-2-3-5-10(9)13)16-12(18)7-15-11(17)6-14/h2-5,8H,6-7,14H2,1H3,(H,15,17)(H,16,18)/t8-/m1/s1. The molecule has 1 rings (SSSR count). The lowest BCUT2D eigenvalue weighted by atomic mass is 10.1. The van der Waals surface area contributed by atoms with Crippen LogP contribution in [0.15, 0.2) is 24.3 Å². The molecular weight excluding hydrogens is 237 g/mol. The summed E-state index contributed by atoms with van der Waals surface area (Å²) in [5, 5.41) is 4.92. The van der Waals surface area contributed by atoms with Crippen LogP contribution >= 0.6 is 0 Å². The second kappa shape index (κ2) is 6.70. The molecule has 4 N–H and O–H groups in total. The van der Waals surface area contributed by atoms with Crippen LogP contribution < -0.4 is 16.4 Å². The molecule has 5 nitrogen and oxygen atoms in total. The summed E-state index contributed by atoms with van der Waals surface area (Å²) in [4.78, 5) is 22.3. The van der Waals surface area contributed by atoms with Crippen LogP contribution in [0.2, 0.25) is 0 Å². The number of nitrogens with two attached hydrogens (primary N) is 1. The first-order chi connectivity index (χ1) is 8.54. The van der Waals surface area contributed by atoms with Crippen molar-refractivity contribution >= 4 is 11.8 Å². The zero-order valence-electron chi connectivity index (χ0n) is 10.1. The van der Waals surface area contributed by atoms with E-state index in [4.69, 9.17) is 5.73 Å². The van der Waals surface area contributed by atoms with E-state index in [0.29, 0.717) is 5.56 Å². The molecule has 0 aromatic heterocycles. The van der Waals surface area contributed by atoms with E-state index >= 15 is 0 Å². The van der Waals surface area contributed by atoms with E-state index in [1.54, 1.807) is 25.1 Å². The highest BCUT2D eigenvalue weighted by molar-refractivity contribution is 5.85. The normalized spacial score (nSPS) is 11.7. The minimum absolute atomic E-state index is 0.170. The Hall–Kier alpha value is -1.95. The lowest BCUT2D eigenvalue weighted by Crippen LogP contribution is -2.40. The summed E-state index contributed by atoms with van der Waals surface area (Å²) in [6.45, 7) is 1.33. The predicted molar refractivity (Wildman–Crippen MR) is 65.0 cm³/mol. The molecule has 1 aromatic carbocycles. The number of carbonyl (C=O) groups excluding carboxylic acids is 2. The highest BCUT2D eigenvalue weighted by Gasteiger charge is 2.13. The van der Waals surface area contributed by atoms with Crippen molar-refractivity contribution in [3.05, 3.63) is 35.6 Å². The molecule has 0 saturated heterocycles. The molecule has 0 heterocycles. The van der Waals surface area contributed by atoms with Crippen molar-refractivity contribution in [2.45, 2.75) is 13.0 Å². The van der Waals surface area contributed by atoms with Crippen LogP contribution in [0.1, 0.15) is 18.5 Å². The molecule has 98 valence electrons. The van der Waals surface area contributed by atoms with Gasteiger partial charge in [-0.05, 0) is 13.0 Å². The van der Waals surface area contributed by atoms with Crippen molar-refractivity contribution < 1.29 is 14.0 Å². The zero-order valence-corrected chi connectivity index (χ0v) is 10.1. The average Bonchev–Trinajstić information content (AvgIpc) is 2.36. The highest BCUT2D eigenvalue weighted by atomic mass is 19.1. The van der Waals surface area contributed by atoms with Crippen LogP contribution in [0.25, 0.3) is 0 Å². The summed E-state index contributed by atoms with van der Waals surface area (Å²) in [5.74, 6) is -1.19. The Morgan fingerprint density at radius 2 is 2.00 bits per heavy atom. The number of nitrogens with one attached hydrogen (secondary N) is 2. The SMILES string of the molecule is C[C@@H](NC(=O)CNC(=O)CN)c1ccccc1F. The molecule has 0 aliphatic rings. The van der Waals surface area contributed by atoms with Crippen LogP contribution in [0, 0.1) is 5.82 Å². The van der Waals surface area contributed by atoms with Gasteiger partial charge in [0.2, 0.25) is 11.8 Å². The van der Waals surface area contributed by atoms with Crippen molar-refractivity contribution in [1.82, 2.24) is 10.6 Å². The Kier molecular flexibility index (Phi) is 5.26. The van der Waals surface area contributed by atoms with Crippen molar-refractivity contribution in [2.24, 2.45) is 5.73 Å². The van der Waals surface area contributed by atoms with Crippen LogP contribution in [0.4, 0.5) is 4.39 Å². The Morgan fingerprint density at radius 1 is 1.33 bits per heavy atom. The van der Waals surface area contributed by atoms with Gasteiger partial charge in [0.25, 0.3) is 0 Å². The maximum absolute atomic E-state index is 13.4. The van der Waals surface area contributed by atoms with Gasteiger partial charge in [0.05, 0.1) is 19.1 Å². The highest BCUT2D eigenvalue weighted by Crippen LogP contribution is 2.15. The number of rotatable bonds is 5. The molecule has 6 heteroatoms. The van der Waals surface area contributed by atoms with Gasteiger partial charge in [-0.2, -0.15) is 0 Å². The molecule has 0 fully saturated rings. The summed E-state index contributed by atoms with van der Waals surface area (Å²) in [6, 6.07) is 5.73. The second-order valence-electron chi connectivity index (χ2n) is 3.79. The average molecular weight is 253 g/mol. The Bertz CT molecular complexity index is 437. The van der Waals surface area contributed by atoms with Gasteiger partial charge in [-0.3, -0.25) is 9.59 Å². The molecule has 0 aliphatic heterocycles. The molecule has 0 bridgehead atoms. The van der Waals surface area contributed by atoms with Crippen LogP contribution in [-0.4, -0.2) is 24.9 Å². The van der Waals surface area contributed by atoms with Gasteiger partial charge in [0.1, 0.15) is 5.82 Å². The largest absolute Gasteiger partial charge is 0.348 e. The summed E-state index contributed by atoms with van der Waals surface area (Å²) < 4.78 is 13.4. The van der Waals surface area contributed by atoms with Gasteiger partial charge >= 0.3 is 0 Å². The maximum Gasteiger partial charge on any atom is 0.239 e. The van der Waals surface area contributed by atoms with Gasteiger partial charge in [-0.15, -0.1) is 0 Å². The minimum atomic E-state index is -0.464. The second-order valence-corrected chi connectivity index (χ2v) is 3.79. The van der Waals surface area contributed by atoms with E-state index in [-0.39, 0.29) is 18.9 Å². The Balaban J connectivity index is 2.50. The third-order valence-corrected chi connectivity index (χ3v) is 2.38. The Morgan fingerprint density at radius 3 is 2.61 bits per heavy atom. The molecule has 2 amide bonds. The molecule has 0 radical (unpaired) electrons. The fraction of sp³-hybridized carbons (Fsp3) is 0.333. The van der Waals surface area contributed by atoms with Crippen LogP contribution in [-0.2, 0) is 9.59 Å². The summed E-state index contributed by atoms with van der Waals surface area (Å²) >= 11 is 0. The maximum atomic E-state index is 13.4. The van der Waals surface area contributed by atoms with Gasteiger partial charge in [-0.25, -0.2) is 4.39 Å². The summed E-state index contributed by atoms with van der Waals surface area (Å²) in [5.41, 5.74) is 5.48. The number of hydrogen-bond donors (Lipinski definition) is 3. The van der Waals surface area contributed by atoms with Crippen LogP contribution in [0.3, 0.4) is 0 Å². The lowest BCUT2D eigenvalue weighted by molar-refractivity contribution is -0.125. The number of hydrogen-bond acceptors (Lipinski definition) is 3. The lowest BCUT2D eigenvalue weighted by Gasteiger charge is -2.15. The monoisotopic (exact) mass is 253 g/mol. The first-order valence-corrected chi connectivity index (χ1v) is 5.55. The smallest absolute Gasteiger partial charge is 0.239 e. The molecular formula is C12H16FN3O2. The fourth-order valence-corrected chi connectivity index (χ4v) is 1.45. The van der Waals surface area contributed by atoms with Gasteiger partial charge in [-0.1, -0.05) is 18.2 Å². The summed E-state index contributed by atoms with van der Waals surface area (Å²) in [6.07, 6.45) is 0. The minimum Gasteiger partial charge on any atom is -0.348 e. The third-order valence-electron chi connectivity index (χ3n) is 2.38. The molecule has 0 saturated carbocycles. The van der Waals surface area contributed by atoms with Gasteiger partial charge < -0.3 is 16.4 Å². The molecule has 1 aromatic rings. The van der Waals surface area contributed by atoms with Crippen molar-refractivity contribution in [1.29, 1.82) is 0 Å². The van der Waals surface area contributed by atoms with Gasteiger partial charge in [0, 0.05) is 5.56 Å². The van der Waals surface area contributed by atoms with E-state index < -0.39 is 17.9 Å². The molecule has 1 atom stereocenters. The van der Waals surface area contributed by atoms with Crippen molar-refractivity contribution in [2.75, 3.05) is 13.1 Å². The number of amides is 2. The zero-order chi connectivity index (χ0) is 13.5. The molecule has 0 spiro atoms. The number of carbonyl (C=O) groups is 2. The van der Waals surface area contributed by atoms with E-state index in [0.717, 1.165) is 0 Å². The van der Waals surface area contributed by atoms with E-state index in [1.165, 1.54) is 6.07 Å². The Labute approximate surface area is 105 Å². The molecule has 18 heavy (non-hydrogen) atoms. The van der Waals surface area contributed by atoms with Crippen LogP contribution in [0.5, 0.6) is 0 Å². The topological polar surface area (TPSA) is 84.2 Å². The number of halogens is 1. The van der Waals surface area contributed by atoms with E-state index in [2.05, 4.69) is 10.6 Å². The molecule has 0 aliphatic carbocycles. The summed E-state index contributed by atoms with van der Waals surface area (Å²) in [7, 11) is 0. The molecule has 0 unspecified atom stereocenters. The van der Waals surface area contributed by atoms with Gasteiger partial charge in [0.15, 0.2) is 0 Å². The fourth-order valence-electron chi connectivity index (χ4n) is 1.45. The number of benzene rings is 1. The predicted octanol–water partition coefficient (Wildman–Crippen LogP) is 0.0778. The van der Waals surface area contributed by atoms with E-state index in [9.17, 15) is 14.0 Å². The van der Waals surface area contributed by atoms with Crippen molar-refractivity contribution in [3.8, 4) is 0 Å². The van der Waals surface area contributed by atoms with E-state index in [1.807, 2.05) is 0 Å². The first-order valence-electron chi connectivity index (χ1n) is 5.55. The third kappa shape index (κ3) is 4.14.